The number of amides is 3. The Balaban J connectivity index is 1.41. The fourth-order valence-electron chi connectivity index (χ4n) is 3.61. The first-order valence-corrected chi connectivity index (χ1v) is 11.3. The standard InChI is InChI=1S/C24H25N3O4S/c1-16-4-3-5-20(17(16)2)25-22(28)15-27-23(29)21(32-24(27)30)14-18-6-8-19(9-7-18)26-10-12-31-13-11-26/h3-9,14H,10-13,15H2,1-2H3,(H,25,28)/b21-14+. The van der Waals surface area contributed by atoms with Crippen LogP contribution in [0, 0.1) is 13.8 Å². The van der Waals surface area contributed by atoms with Crippen molar-refractivity contribution in [1.29, 1.82) is 0 Å². The first kappa shape index (κ1) is 22.1. The van der Waals surface area contributed by atoms with Crippen LogP contribution in [0.1, 0.15) is 16.7 Å². The minimum atomic E-state index is -0.451. The number of hydrogen-bond acceptors (Lipinski definition) is 6. The summed E-state index contributed by atoms with van der Waals surface area (Å²) in [4.78, 5) is 41.2. The molecule has 0 saturated carbocycles. The molecule has 2 fully saturated rings. The van der Waals surface area contributed by atoms with Gasteiger partial charge in [-0.2, -0.15) is 0 Å². The van der Waals surface area contributed by atoms with Gasteiger partial charge in [0.05, 0.1) is 18.1 Å². The van der Waals surface area contributed by atoms with Gasteiger partial charge >= 0.3 is 0 Å². The van der Waals surface area contributed by atoms with E-state index in [1.807, 2.05) is 50.2 Å². The molecule has 0 aromatic heterocycles. The topological polar surface area (TPSA) is 79.0 Å². The number of nitrogens with zero attached hydrogens (tertiary/aromatic N) is 2. The van der Waals surface area contributed by atoms with Gasteiger partial charge in [-0.3, -0.25) is 19.3 Å². The molecule has 4 rings (SSSR count). The molecule has 2 heterocycles. The van der Waals surface area contributed by atoms with E-state index in [4.69, 9.17) is 4.74 Å². The lowest BCUT2D eigenvalue weighted by atomic mass is 10.1. The van der Waals surface area contributed by atoms with Crippen LogP contribution in [-0.4, -0.2) is 54.8 Å². The summed E-state index contributed by atoms with van der Waals surface area (Å²) < 4.78 is 5.38. The van der Waals surface area contributed by atoms with Gasteiger partial charge in [0, 0.05) is 24.5 Å². The molecule has 2 aliphatic rings. The Morgan fingerprint density at radius 2 is 1.81 bits per heavy atom. The van der Waals surface area contributed by atoms with Crippen molar-refractivity contribution < 1.29 is 19.1 Å². The maximum atomic E-state index is 12.8. The number of imide groups is 1. The molecule has 32 heavy (non-hydrogen) atoms. The third-order valence-electron chi connectivity index (χ3n) is 5.62. The van der Waals surface area contributed by atoms with Crippen molar-refractivity contribution in [2.45, 2.75) is 13.8 Å². The average Bonchev–Trinajstić information content (AvgIpc) is 3.05. The minimum Gasteiger partial charge on any atom is -0.378 e. The molecule has 1 N–H and O–H groups in total. The highest BCUT2D eigenvalue weighted by atomic mass is 32.2. The normalized spacial score (nSPS) is 17.9. The van der Waals surface area contributed by atoms with Crippen LogP contribution in [0.3, 0.4) is 0 Å². The molecule has 3 amide bonds. The summed E-state index contributed by atoms with van der Waals surface area (Å²) in [5.41, 5.74) is 4.61. The van der Waals surface area contributed by atoms with Crippen LogP contribution >= 0.6 is 11.8 Å². The van der Waals surface area contributed by atoms with Crippen molar-refractivity contribution in [2.75, 3.05) is 43.1 Å². The largest absolute Gasteiger partial charge is 0.378 e. The second kappa shape index (κ2) is 9.58. The Labute approximate surface area is 191 Å². The van der Waals surface area contributed by atoms with Gasteiger partial charge < -0.3 is 15.0 Å². The molecule has 2 aromatic carbocycles. The molecule has 0 radical (unpaired) electrons. The fraction of sp³-hybridized carbons (Fsp3) is 0.292. The van der Waals surface area contributed by atoms with Gasteiger partial charge in [0.1, 0.15) is 6.54 Å². The molecular weight excluding hydrogens is 426 g/mol. The number of morpholine rings is 1. The summed E-state index contributed by atoms with van der Waals surface area (Å²) >= 11 is 0.854. The summed E-state index contributed by atoms with van der Waals surface area (Å²) in [7, 11) is 0. The third-order valence-corrected chi connectivity index (χ3v) is 6.53. The molecule has 166 valence electrons. The molecule has 0 atom stereocenters. The van der Waals surface area contributed by atoms with Crippen LogP contribution in [0.5, 0.6) is 0 Å². The first-order chi connectivity index (χ1) is 15.4. The zero-order valence-electron chi connectivity index (χ0n) is 18.1. The fourth-order valence-corrected chi connectivity index (χ4v) is 4.45. The van der Waals surface area contributed by atoms with E-state index in [0.29, 0.717) is 23.8 Å². The van der Waals surface area contributed by atoms with Gasteiger partial charge in [0.2, 0.25) is 5.91 Å². The Morgan fingerprint density at radius 1 is 1.09 bits per heavy atom. The highest BCUT2D eigenvalue weighted by Gasteiger charge is 2.36. The van der Waals surface area contributed by atoms with E-state index in [0.717, 1.165) is 52.1 Å². The number of hydrogen-bond donors (Lipinski definition) is 1. The number of rotatable bonds is 5. The van der Waals surface area contributed by atoms with Gasteiger partial charge in [-0.05, 0) is 66.6 Å². The van der Waals surface area contributed by atoms with E-state index in [1.165, 1.54) is 0 Å². The summed E-state index contributed by atoms with van der Waals surface area (Å²) in [6.07, 6.45) is 1.69. The Kier molecular flexibility index (Phi) is 6.62. The molecule has 2 aromatic rings. The lowest BCUT2D eigenvalue weighted by molar-refractivity contribution is -0.127. The van der Waals surface area contributed by atoms with Crippen molar-refractivity contribution >= 4 is 46.3 Å². The van der Waals surface area contributed by atoms with Crippen molar-refractivity contribution in [3.8, 4) is 0 Å². The maximum Gasteiger partial charge on any atom is 0.294 e. The Morgan fingerprint density at radius 3 is 2.53 bits per heavy atom. The van der Waals surface area contributed by atoms with Gasteiger partial charge in [-0.15, -0.1) is 0 Å². The van der Waals surface area contributed by atoms with Gasteiger partial charge in [0.25, 0.3) is 11.1 Å². The first-order valence-electron chi connectivity index (χ1n) is 10.5. The number of carbonyl (C=O) groups excluding carboxylic acids is 3. The number of thioether (sulfide) groups is 1. The van der Waals surface area contributed by atoms with Crippen LogP contribution in [0.2, 0.25) is 0 Å². The predicted molar refractivity (Wildman–Crippen MR) is 127 cm³/mol. The summed E-state index contributed by atoms with van der Waals surface area (Å²) in [5, 5.41) is 2.35. The van der Waals surface area contributed by atoms with Gasteiger partial charge in [-0.1, -0.05) is 24.3 Å². The summed E-state index contributed by atoms with van der Waals surface area (Å²) in [6.45, 7) is 6.69. The second-order valence-electron chi connectivity index (χ2n) is 7.75. The quantitative estimate of drug-likeness (QED) is 0.697. The van der Waals surface area contributed by atoms with Crippen molar-refractivity contribution in [3.63, 3.8) is 0 Å². The van der Waals surface area contributed by atoms with Crippen LogP contribution in [0.15, 0.2) is 47.4 Å². The van der Waals surface area contributed by atoms with Crippen LogP contribution < -0.4 is 10.2 Å². The van der Waals surface area contributed by atoms with Crippen LogP contribution in [0.25, 0.3) is 6.08 Å². The van der Waals surface area contributed by atoms with Crippen molar-refractivity contribution in [1.82, 2.24) is 4.90 Å². The van der Waals surface area contributed by atoms with E-state index < -0.39 is 17.1 Å². The Hall–Kier alpha value is -3.10. The van der Waals surface area contributed by atoms with E-state index in [1.54, 1.807) is 12.1 Å². The van der Waals surface area contributed by atoms with Crippen molar-refractivity contribution in [3.05, 3.63) is 64.1 Å². The number of anilines is 2. The SMILES string of the molecule is Cc1cccc(NC(=O)CN2C(=O)S/C(=C/c3ccc(N4CCOCC4)cc3)C2=O)c1C. The molecule has 7 nitrogen and oxygen atoms in total. The van der Waals surface area contributed by atoms with Crippen LogP contribution in [-0.2, 0) is 14.3 Å². The van der Waals surface area contributed by atoms with E-state index in [-0.39, 0.29) is 6.54 Å². The monoisotopic (exact) mass is 451 g/mol. The molecule has 0 bridgehead atoms. The lowest BCUT2D eigenvalue weighted by Crippen LogP contribution is -2.36. The number of benzene rings is 2. The number of carbonyl (C=O) groups is 3. The van der Waals surface area contributed by atoms with E-state index in [2.05, 4.69) is 10.2 Å². The lowest BCUT2D eigenvalue weighted by Gasteiger charge is -2.28. The number of ether oxygens (including phenoxy) is 1. The highest BCUT2D eigenvalue weighted by Crippen LogP contribution is 2.32. The molecular formula is C24H25N3O4S. The number of nitrogens with one attached hydrogen (secondary N) is 1. The van der Waals surface area contributed by atoms with Gasteiger partial charge in [-0.25, -0.2) is 0 Å². The van der Waals surface area contributed by atoms with E-state index >= 15 is 0 Å². The maximum absolute atomic E-state index is 12.8. The summed E-state index contributed by atoms with van der Waals surface area (Å²) in [6, 6.07) is 13.5. The molecule has 0 spiro atoms. The molecule has 2 saturated heterocycles. The third kappa shape index (κ3) is 4.87. The highest BCUT2D eigenvalue weighted by molar-refractivity contribution is 8.18. The average molecular weight is 452 g/mol. The molecule has 2 aliphatic heterocycles. The van der Waals surface area contributed by atoms with Gasteiger partial charge in [0.15, 0.2) is 0 Å². The van der Waals surface area contributed by atoms with E-state index in [9.17, 15) is 14.4 Å². The molecule has 8 heteroatoms. The number of aryl methyl sites for hydroxylation is 1. The minimum absolute atomic E-state index is 0.314. The van der Waals surface area contributed by atoms with Crippen molar-refractivity contribution in [2.24, 2.45) is 0 Å². The predicted octanol–water partition coefficient (Wildman–Crippen LogP) is 3.82. The second-order valence-corrected chi connectivity index (χ2v) is 8.75. The summed E-state index contributed by atoms with van der Waals surface area (Å²) in [5.74, 6) is -0.856. The Bertz CT molecular complexity index is 1080. The van der Waals surface area contributed by atoms with Crippen LogP contribution in [0.4, 0.5) is 16.2 Å². The molecule has 0 unspecified atom stereocenters. The molecule has 0 aliphatic carbocycles. The smallest absolute Gasteiger partial charge is 0.294 e. The zero-order valence-corrected chi connectivity index (χ0v) is 18.9. The zero-order chi connectivity index (χ0) is 22.7.